The fourth-order valence-corrected chi connectivity index (χ4v) is 0.798. The topological polar surface area (TPSA) is 37.3 Å². The van der Waals surface area contributed by atoms with Crippen LogP contribution in [0, 0.1) is 17.7 Å². The Morgan fingerprint density at radius 2 is 2.31 bits per heavy atom. The fraction of sp³-hybridized carbons (Fsp3) is 0.100. The molecule has 0 spiro atoms. The average molecular weight is 178 g/mol. The predicted molar refractivity (Wildman–Crippen MR) is 45.6 cm³/mol. The zero-order valence-electron chi connectivity index (χ0n) is 6.75. The molecule has 0 fully saturated rings. The van der Waals surface area contributed by atoms with E-state index in [1.165, 1.54) is 12.1 Å². The third kappa shape index (κ3) is 2.60. The van der Waals surface area contributed by atoms with E-state index in [1.807, 2.05) is 0 Å². The SMILES string of the molecule is O=CCC#Cc1ccc(F)cc1O. The highest BCUT2D eigenvalue weighted by Crippen LogP contribution is 2.16. The van der Waals surface area contributed by atoms with Crippen LogP contribution < -0.4 is 0 Å². The van der Waals surface area contributed by atoms with Crippen LogP contribution >= 0.6 is 0 Å². The minimum atomic E-state index is -0.515. The van der Waals surface area contributed by atoms with Gasteiger partial charge in [-0.05, 0) is 12.1 Å². The number of phenolic OH excluding ortho intramolecular Hbond substituents is 1. The van der Waals surface area contributed by atoms with Crippen molar-refractivity contribution in [2.75, 3.05) is 0 Å². The first-order valence-corrected chi connectivity index (χ1v) is 3.65. The van der Waals surface area contributed by atoms with Crippen LogP contribution in [0.2, 0.25) is 0 Å². The minimum Gasteiger partial charge on any atom is -0.507 e. The highest BCUT2D eigenvalue weighted by Gasteiger charge is 1.98. The number of phenols is 1. The quantitative estimate of drug-likeness (QED) is 0.522. The van der Waals surface area contributed by atoms with Crippen LogP contribution in [0.5, 0.6) is 5.75 Å². The fourth-order valence-electron chi connectivity index (χ4n) is 0.798. The zero-order valence-corrected chi connectivity index (χ0v) is 6.75. The van der Waals surface area contributed by atoms with Gasteiger partial charge < -0.3 is 9.90 Å². The molecule has 3 heteroatoms. The summed E-state index contributed by atoms with van der Waals surface area (Å²) in [6, 6.07) is 3.54. The highest BCUT2D eigenvalue weighted by atomic mass is 19.1. The lowest BCUT2D eigenvalue weighted by Gasteiger charge is -1.94. The molecule has 0 unspecified atom stereocenters. The molecule has 1 rings (SSSR count). The van der Waals surface area contributed by atoms with Gasteiger partial charge in [0, 0.05) is 6.07 Å². The van der Waals surface area contributed by atoms with E-state index in [4.69, 9.17) is 5.11 Å². The van der Waals surface area contributed by atoms with Crippen molar-refractivity contribution in [2.45, 2.75) is 6.42 Å². The molecule has 2 nitrogen and oxygen atoms in total. The molecular weight excluding hydrogens is 171 g/mol. The maximum absolute atomic E-state index is 12.5. The van der Waals surface area contributed by atoms with Gasteiger partial charge in [-0.1, -0.05) is 11.8 Å². The molecule has 0 heterocycles. The van der Waals surface area contributed by atoms with Gasteiger partial charge in [-0.15, -0.1) is 0 Å². The zero-order chi connectivity index (χ0) is 9.68. The van der Waals surface area contributed by atoms with E-state index in [0.29, 0.717) is 11.8 Å². The molecule has 0 aromatic heterocycles. The molecule has 1 N–H and O–H groups in total. The number of hydrogen-bond acceptors (Lipinski definition) is 2. The van der Waals surface area contributed by atoms with E-state index >= 15 is 0 Å². The Bertz CT molecular complexity index is 374. The second-order valence-electron chi connectivity index (χ2n) is 2.33. The van der Waals surface area contributed by atoms with Crippen LogP contribution in [0.25, 0.3) is 0 Å². The van der Waals surface area contributed by atoms with Crippen molar-refractivity contribution in [3.63, 3.8) is 0 Å². The van der Waals surface area contributed by atoms with Gasteiger partial charge in [-0.2, -0.15) is 0 Å². The maximum Gasteiger partial charge on any atom is 0.134 e. The summed E-state index contributed by atoms with van der Waals surface area (Å²) in [5.74, 6) is 4.33. The lowest BCUT2D eigenvalue weighted by atomic mass is 10.2. The Morgan fingerprint density at radius 1 is 1.54 bits per heavy atom. The maximum atomic E-state index is 12.5. The van der Waals surface area contributed by atoms with Crippen LogP contribution in [-0.4, -0.2) is 11.4 Å². The van der Waals surface area contributed by atoms with Gasteiger partial charge in [0.25, 0.3) is 0 Å². The van der Waals surface area contributed by atoms with E-state index in [1.54, 1.807) is 0 Å². The summed E-state index contributed by atoms with van der Waals surface area (Å²) in [5, 5.41) is 9.16. The number of aldehydes is 1. The number of carbonyl (C=O) groups is 1. The largest absolute Gasteiger partial charge is 0.507 e. The van der Waals surface area contributed by atoms with Gasteiger partial charge in [0.2, 0.25) is 0 Å². The molecule has 0 bridgehead atoms. The van der Waals surface area contributed by atoms with Crippen molar-refractivity contribution in [3.05, 3.63) is 29.6 Å². The molecule has 0 atom stereocenters. The summed E-state index contributed by atoms with van der Waals surface area (Å²) in [4.78, 5) is 9.91. The van der Waals surface area contributed by atoms with E-state index in [-0.39, 0.29) is 12.2 Å². The normalized spacial score (nSPS) is 8.69. The van der Waals surface area contributed by atoms with Crippen LogP contribution in [-0.2, 0) is 4.79 Å². The number of hydrogen-bond donors (Lipinski definition) is 1. The van der Waals surface area contributed by atoms with Crippen molar-refractivity contribution in [1.82, 2.24) is 0 Å². The van der Waals surface area contributed by atoms with E-state index in [0.717, 1.165) is 6.07 Å². The van der Waals surface area contributed by atoms with E-state index < -0.39 is 5.82 Å². The summed E-state index contributed by atoms with van der Waals surface area (Å²) in [7, 11) is 0. The number of carbonyl (C=O) groups excluding carboxylic acids is 1. The van der Waals surface area contributed by atoms with Crippen molar-refractivity contribution in [3.8, 4) is 17.6 Å². The number of rotatable bonds is 1. The summed E-state index contributed by atoms with van der Waals surface area (Å²) in [5.41, 5.74) is 0.322. The number of benzene rings is 1. The van der Waals surface area contributed by atoms with Crippen molar-refractivity contribution < 1.29 is 14.3 Å². The van der Waals surface area contributed by atoms with Gasteiger partial charge >= 0.3 is 0 Å². The third-order valence-electron chi connectivity index (χ3n) is 1.37. The van der Waals surface area contributed by atoms with E-state index in [9.17, 15) is 9.18 Å². The van der Waals surface area contributed by atoms with Crippen molar-refractivity contribution >= 4 is 6.29 Å². The average Bonchev–Trinajstić information content (AvgIpc) is 2.09. The Hall–Kier alpha value is -1.82. The second-order valence-corrected chi connectivity index (χ2v) is 2.33. The molecule has 0 aliphatic carbocycles. The highest BCUT2D eigenvalue weighted by molar-refractivity contribution is 5.55. The summed E-state index contributed by atoms with van der Waals surface area (Å²) in [6.45, 7) is 0. The number of halogens is 1. The molecule has 0 aliphatic heterocycles. The lowest BCUT2D eigenvalue weighted by molar-refractivity contribution is -0.107. The Balaban J connectivity index is 2.91. The Morgan fingerprint density at radius 3 is 2.92 bits per heavy atom. The molecule has 1 aromatic carbocycles. The predicted octanol–water partition coefficient (Wildman–Crippen LogP) is 1.47. The third-order valence-corrected chi connectivity index (χ3v) is 1.37. The Labute approximate surface area is 75.0 Å². The second kappa shape index (κ2) is 4.27. The Kier molecular flexibility index (Phi) is 3.04. The standard InChI is InChI=1S/C10H7FO2/c11-9-5-4-8(10(13)7-9)3-1-2-6-12/h4-7,13H,2H2. The monoisotopic (exact) mass is 178 g/mol. The van der Waals surface area contributed by atoms with E-state index in [2.05, 4.69) is 11.8 Å². The summed E-state index contributed by atoms with van der Waals surface area (Å²) >= 11 is 0. The number of aromatic hydroxyl groups is 1. The van der Waals surface area contributed by atoms with Crippen LogP contribution in [0.3, 0.4) is 0 Å². The lowest BCUT2D eigenvalue weighted by Crippen LogP contribution is -1.79. The minimum absolute atomic E-state index is 0.108. The van der Waals surface area contributed by atoms with Crippen LogP contribution in [0.15, 0.2) is 18.2 Å². The first kappa shape index (κ1) is 9.27. The van der Waals surface area contributed by atoms with Crippen molar-refractivity contribution in [2.24, 2.45) is 0 Å². The first-order chi connectivity index (χ1) is 6.24. The van der Waals surface area contributed by atoms with Crippen LogP contribution in [0.4, 0.5) is 4.39 Å². The molecule has 13 heavy (non-hydrogen) atoms. The van der Waals surface area contributed by atoms with Gasteiger partial charge in [-0.3, -0.25) is 0 Å². The molecule has 0 saturated heterocycles. The summed E-state index contributed by atoms with van der Waals surface area (Å²) < 4.78 is 12.5. The van der Waals surface area contributed by atoms with Gasteiger partial charge in [-0.25, -0.2) is 4.39 Å². The molecule has 0 aliphatic rings. The molecular formula is C10H7FO2. The van der Waals surface area contributed by atoms with Gasteiger partial charge in [0.1, 0.15) is 17.9 Å². The molecule has 0 saturated carbocycles. The van der Waals surface area contributed by atoms with Crippen molar-refractivity contribution in [1.29, 1.82) is 0 Å². The molecule has 1 aromatic rings. The molecule has 66 valence electrons. The summed E-state index contributed by atoms with van der Waals surface area (Å²) in [6.07, 6.45) is 0.768. The smallest absolute Gasteiger partial charge is 0.134 e. The van der Waals surface area contributed by atoms with Gasteiger partial charge in [0.15, 0.2) is 0 Å². The first-order valence-electron chi connectivity index (χ1n) is 3.65. The van der Waals surface area contributed by atoms with Gasteiger partial charge in [0.05, 0.1) is 12.0 Å². The molecule has 0 radical (unpaired) electrons. The van der Waals surface area contributed by atoms with Crippen LogP contribution in [0.1, 0.15) is 12.0 Å². The molecule has 0 amide bonds.